The van der Waals surface area contributed by atoms with Crippen LogP contribution >= 0.6 is 12.4 Å². The fourth-order valence-electron chi connectivity index (χ4n) is 1.67. The molecule has 1 atom stereocenters. The van der Waals surface area contributed by atoms with Crippen LogP contribution in [0.1, 0.15) is 22.1 Å². The quantitative estimate of drug-likeness (QED) is 0.677. The zero-order valence-corrected chi connectivity index (χ0v) is 8.23. The summed E-state index contributed by atoms with van der Waals surface area (Å²) in [5, 5.41) is 3.11. The molecular formula is C11H16ClN. The van der Waals surface area contributed by atoms with E-state index in [2.05, 4.69) is 11.4 Å². The molecule has 1 aromatic carbocycles. The number of nitrogens with one attached hydrogen (secondary N) is 1. The van der Waals surface area contributed by atoms with Crippen LogP contribution in [-0.2, 0) is 12.8 Å². The molecule has 0 aliphatic carbocycles. The van der Waals surface area contributed by atoms with E-state index in [4.69, 9.17) is 4.11 Å². The van der Waals surface area contributed by atoms with Crippen LogP contribution in [0.25, 0.3) is 0 Å². The van der Waals surface area contributed by atoms with E-state index in [-0.39, 0.29) is 12.4 Å². The van der Waals surface area contributed by atoms with Crippen molar-refractivity contribution in [2.24, 2.45) is 0 Å². The number of benzene rings is 1. The van der Waals surface area contributed by atoms with E-state index in [0.29, 0.717) is 6.42 Å². The lowest BCUT2D eigenvalue weighted by Gasteiger charge is -2.08. The van der Waals surface area contributed by atoms with Gasteiger partial charge in [-0.3, -0.25) is 0 Å². The molecule has 1 N–H and O–H groups in total. The predicted octanol–water partition coefficient (Wildman–Crippen LogP) is 2.19. The Bertz CT molecular complexity index is 351. The van der Waals surface area contributed by atoms with E-state index >= 15 is 0 Å². The number of fused-ring (bicyclic) bond motifs is 1. The van der Waals surface area contributed by atoms with Gasteiger partial charge in [0.25, 0.3) is 0 Å². The molecular weight excluding hydrogens is 182 g/mol. The monoisotopic (exact) mass is 200 g/mol. The highest BCUT2D eigenvalue weighted by atomic mass is 35.5. The normalized spacial score (nSPS) is 25.5. The Morgan fingerprint density at radius 2 is 2.15 bits per heavy atom. The van der Waals surface area contributed by atoms with Gasteiger partial charge in [0.1, 0.15) is 0 Å². The topological polar surface area (TPSA) is 12.0 Å². The molecule has 2 heteroatoms. The van der Waals surface area contributed by atoms with E-state index < -0.39 is 12.9 Å². The van der Waals surface area contributed by atoms with Crippen molar-refractivity contribution in [3.05, 3.63) is 35.4 Å². The lowest BCUT2D eigenvalue weighted by atomic mass is 10.0. The SMILES string of the molecule is Cl.[2H]C([2H])([2H])[C@H]1Cc2ccccc2CCN1. The molecule has 0 fully saturated rings. The van der Waals surface area contributed by atoms with Crippen molar-refractivity contribution in [3.63, 3.8) is 0 Å². The lowest BCUT2D eigenvalue weighted by Crippen LogP contribution is -2.27. The van der Waals surface area contributed by atoms with Gasteiger partial charge in [-0.1, -0.05) is 24.3 Å². The second-order valence-electron chi connectivity index (χ2n) is 3.23. The van der Waals surface area contributed by atoms with Crippen molar-refractivity contribution in [1.29, 1.82) is 0 Å². The van der Waals surface area contributed by atoms with Crippen LogP contribution in [-0.4, -0.2) is 12.6 Å². The van der Waals surface area contributed by atoms with Gasteiger partial charge in [0, 0.05) is 10.2 Å². The zero-order chi connectivity index (χ0) is 10.9. The van der Waals surface area contributed by atoms with Crippen molar-refractivity contribution in [2.45, 2.75) is 25.7 Å². The number of hydrogen-bond acceptors (Lipinski definition) is 1. The Kier molecular flexibility index (Phi) is 2.44. The molecule has 0 aromatic heterocycles. The molecule has 2 rings (SSSR count). The maximum absolute atomic E-state index is 7.44. The van der Waals surface area contributed by atoms with Crippen LogP contribution in [0.2, 0.25) is 0 Å². The first kappa shape index (κ1) is 6.86. The Balaban J connectivity index is 0.00000128. The van der Waals surface area contributed by atoms with Crippen LogP contribution in [0.5, 0.6) is 0 Å². The van der Waals surface area contributed by atoms with Gasteiger partial charge in [0.15, 0.2) is 0 Å². The standard InChI is InChI=1S/C11H15N.ClH/c1-9-8-11-5-3-2-4-10(11)6-7-12-9;/h2-5,9,12H,6-8H2,1H3;1H/t9-;/m0./s1/i1D3;. The van der Waals surface area contributed by atoms with E-state index in [9.17, 15) is 0 Å². The van der Waals surface area contributed by atoms with E-state index in [0.717, 1.165) is 13.0 Å². The average molecular weight is 201 g/mol. The minimum absolute atomic E-state index is 0. The first-order valence-electron chi connectivity index (χ1n) is 5.87. The minimum atomic E-state index is -1.91. The Morgan fingerprint density at radius 1 is 1.38 bits per heavy atom. The van der Waals surface area contributed by atoms with E-state index in [1.54, 1.807) is 0 Å². The van der Waals surface area contributed by atoms with Crippen molar-refractivity contribution >= 4 is 12.4 Å². The van der Waals surface area contributed by atoms with Gasteiger partial charge in [-0.2, -0.15) is 0 Å². The van der Waals surface area contributed by atoms with Crippen molar-refractivity contribution in [1.82, 2.24) is 5.32 Å². The number of hydrogen-bond donors (Lipinski definition) is 1. The highest BCUT2D eigenvalue weighted by Crippen LogP contribution is 2.14. The Morgan fingerprint density at radius 3 is 2.92 bits per heavy atom. The van der Waals surface area contributed by atoms with Gasteiger partial charge >= 0.3 is 0 Å². The lowest BCUT2D eigenvalue weighted by molar-refractivity contribution is 0.568. The first-order valence-corrected chi connectivity index (χ1v) is 4.37. The summed E-state index contributed by atoms with van der Waals surface area (Å²) in [6, 6.07) is 7.69. The predicted molar refractivity (Wildman–Crippen MR) is 58.6 cm³/mol. The van der Waals surface area contributed by atoms with Gasteiger partial charge in [-0.15, -0.1) is 12.4 Å². The molecule has 1 nitrogen and oxygen atoms in total. The summed E-state index contributed by atoms with van der Waals surface area (Å²) < 4.78 is 22.3. The van der Waals surface area contributed by atoms with Gasteiger partial charge in [0.05, 0.1) is 0 Å². The highest BCUT2D eigenvalue weighted by molar-refractivity contribution is 5.85. The summed E-state index contributed by atoms with van der Waals surface area (Å²) in [5.41, 5.74) is 2.44. The summed E-state index contributed by atoms with van der Waals surface area (Å²) in [6.07, 6.45) is 1.52. The van der Waals surface area contributed by atoms with Crippen molar-refractivity contribution in [2.75, 3.05) is 6.54 Å². The fraction of sp³-hybridized carbons (Fsp3) is 0.455. The maximum atomic E-state index is 7.44. The average Bonchev–Trinajstić information content (AvgIpc) is 2.38. The summed E-state index contributed by atoms with van der Waals surface area (Å²) in [6.45, 7) is -1.16. The molecule has 0 spiro atoms. The molecule has 13 heavy (non-hydrogen) atoms. The molecule has 1 aliphatic heterocycles. The summed E-state index contributed by atoms with van der Waals surface area (Å²) in [5.74, 6) is 0. The third kappa shape index (κ3) is 2.45. The largest absolute Gasteiger partial charge is 0.314 e. The molecule has 0 bridgehead atoms. The van der Waals surface area contributed by atoms with Crippen LogP contribution in [0, 0.1) is 0 Å². The molecule has 1 aromatic rings. The summed E-state index contributed by atoms with van der Waals surface area (Å²) in [4.78, 5) is 0. The Labute approximate surface area is 90.2 Å². The zero-order valence-electron chi connectivity index (χ0n) is 10.4. The Hall–Kier alpha value is -0.530. The number of halogens is 1. The smallest absolute Gasteiger partial charge is 0.0246 e. The van der Waals surface area contributed by atoms with Gasteiger partial charge in [-0.05, 0) is 37.4 Å². The summed E-state index contributed by atoms with van der Waals surface area (Å²) in [7, 11) is 0. The third-order valence-corrected chi connectivity index (χ3v) is 2.33. The van der Waals surface area contributed by atoms with Gasteiger partial charge in [0.2, 0.25) is 0 Å². The maximum Gasteiger partial charge on any atom is 0.0246 e. The molecule has 72 valence electrons. The van der Waals surface area contributed by atoms with Crippen LogP contribution < -0.4 is 5.32 Å². The molecule has 0 saturated heterocycles. The molecule has 0 unspecified atom stereocenters. The summed E-state index contributed by atoms with van der Waals surface area (Å²) >= 11 is 0. The second kappa shape index (κ2) is 4.64. The van der Waals surface area contributed by atoms with Crippen LogP contribution in [0.4, 0.5) is 0 Å². The molecule has 0 saturated carbocycles. The fourth-order valence-corrected chi connectivity index (χ4v) is 1.67. The van der Waals surface area contributed by atoms with Gasteiger partial charge in [-0.25, -0.2) is 0 Å². The van der Waals surface area contributed by atoms with Crippen molar-refractivity contribution in [3.8, 4) is 0 Å². The van der Waals surface area contributed by atoms with E-state index in [1.165, 1.54) is 11.1 Å². The second-order valence-corrected chi connectivity index (χ2v) is 3.23. The molecule has 0 amide bonds. The molecule has 0 radical (unpaired) electrons. The van der Waals surface area contributed by atoms with Crippen LogP contribution in [0.3, 0.4) is 0 Å². The molecule has 1 aliphatic rings. The van der Waals surface area contributed by atoms with Gasteiger partial charge < -0.3 is 5.32 Å². The van der Waals surface area contributed by atoms with Crippen molar-refractivity contribution < 1.29 is 4.11 Å². The van der Waals surface area contributed by atoms with E-state index in [1.807, 2.05) is 18.2 Å². The number of rotatable bonds is 0. The van der Waals surface area contributed by atoms with Crippen LogP contribution in [0.15, 0.2) is 24.3 Å². The first-order chi connectivity index (χ1) is 7.07. The third-order valence-electron chi connectivity index (χ3n) is 2.33. The minimum Gasteiger partial charge on any atom is -0.314 e. The highest BCUT2D eigenvalue weighted by Gasteiger charge is 2.10. The molecule has 1 heterocycles.